The summed E-state index contributed by atoms with van der Waals surface area (Å²) in [4.78, 5) is 0. The van der Waals surface area contributed by atoms with Crippen molar-refractivity contribution in [3.8, 4) is 40.1 Å². The summed E-state index contributed by atoms with van der Waals surface area (Å²) in [7, 11) is 0. The number of benzene rings is 5. The molecule has 6 aromatic rings. The zero-order chi connectivity index (χ0) is 23.8. The average Bonchev–Trinajstić information content (AvgIpc) is 3.27. The highest BCUT2D eigenvalue weighted by atomic mass is 15.0. The molecule has 35 heavy (non-hydrogen) atoms. The van der Waals surface area contributed by atoms with Crippen LogP contribution in [0.25, 0.3) is 49.7 Å². The van der Waals surface area contributed by atoms with Gasteiger partial charge in [-0.3, -0.25) is 0 Å². The summed E-state index contributed by atoms with van der Waals surface area (Å²) in [6.07, 6.45) is 0. The predicted molar refractivity (Wildman–Crippen MR) is 141 cm³/mol. The van der Waals surface area contributed by atoms with Crippen LogP contribution >= 0.6 is 0 Å². The lowest BCUT2D eigenvalue weighted by atomic mass is 9.92. The van der Waals surface area contributed by atoms with Gasteiger partial charge >= 0.3 is 0 Å². The largest absolute Gasteiger partial charge is 0.308 e. The summed E-state index contributed by atoms with van der Waals surface area (Å²) in [5.41, 5.74) is 7.75. The molecule has 0 aliphatic rings. The molecule has 1 aromatic heterocycles. The number of aromatic nitrogens is 1. The fraction of sp³-hybridized carbons (Fsp3) is 0. The first-order valence-electron chi connectivity index (χ1n) is 11.4. The molecule has 3 heteroatoms. The van der Waals surface area contributed by atoms with Gasteiger partial charge in [0.15, 0.2) is 0 Å². The van der Waals surface area contributed by atoms with E-state index in [0.29, 0.717) is 11.1 Å². The Morgan fingerprint density at radius 1 is 0.514 bits per heavy atom. The van der Waals surface area contributed by atoms with Crippen molar-refractivity contribution in [3.05, 3.63) is 126 Å². The topological polar surface area (TPSA) is 52.5 Å². The molecule has 0 atom stereocenters. The van der Waals surface area contributed by atoms with E-state index in [-0.39, 0.29) is 0 Å². The van der Waals surface area contributed by atoms with Crippen LogP contribution in [0.3, 0.4) is 0 Å². The summed E-state index contributed by atoms with van der Waals surface area (Å²) in [5.74, 6) is 0. The summed E-state index contributed by atoms with van der Waals surface area (Å²) in [5, 5.41) is 22.4. The Hall–Kier alpha value is -5.12. The molecule has 0 radical (unpaired) electrons. The molecule has 0 aliphatic heterocycles. The van der Waals surface area contributed by atoms with Crippen LogP contribution in [0.4, 0.5) is 0 Å². The van der Waals surface area contributed by atoms with E-state index in [1.165, 1.54) is 0 Å². The van der Waals surface area contributed by atoms with Crippen molar-refractivity contribution < 1.29 is 0 Å². The Morgan fingerprint density at radius 2 is 1.17 bits per heavy atom. The first-order valence-corrected chi connectivity index (χ1v) is 11.4. The van der Waals surface area contributed by atoms with Crippen molar-refractivity contribution in [1.29, 1.82) is 10.5 Å². The van der Waals surface area contributed by atoms with Gasteiger partial charge in [0.1, 0.15) is 6.07 Å². The number of hydrogen-bond acceptors (Lipinski definition) is 2. The summed E-state index contributed by atoms with van der Waals surface area (Å²) < 4.78 is 2.18. The smallest absolute Gasteiger partial charge is 0.102 e. The molecule has 6 rings (SSSR count). The molecule has 0 amide bonds. The zero-order valence-corrected chi connectivity index (χ0v) is 18.8. The minimum atomic E-state index is 0.600. The lowest BCUT2D eigenvalue weighted by Gasteiger charge is -2.14. The number of nitrogens with zero attached hydrogens (tertiary/aromatic N) is 3. The van der Waals surface area contributed by atoms with Crippen LogP contribution in [0.15, 0.2) is 115 Å². The van der Waals surface area contributed by atoms with E-state index in [4.69, 9.17) is 0 Å². The maximum absolute atomic E-state index is 10.4. The standard InChI is InChI=1S/C32H19N3/c33-20-24-18-17-23(19-28(24)22-9-2-1-3-10-22)25-13-8-16-32(29(25)21-34)35-30-14-6-4-11-26(30)27-12-5-7-15-31(27)35/h1-19H. The van der Waals surface area contributed by atoms with Crippen molar-refractivity contribution in [3.63, 3.8) is 0 Å². The molecule has 3 nitrogen and oxygen atoms in total. The van der Waals surface area contributed by atoms with Gasteiger partial charge in [-0.25, -0.2) is 0 Å². The second-order valence-corrected chi connectivity index (χ2v) is 8.42. The first-order chi connectivity index (χ1) is 17.3. The van der Waals surface area contributed by atoms with E-state index < -0.39 is 0 Å². The normalized spacial score (nSPS) is 10.8. The van der Waals surface area contributed by atoms with Gasteiger partial charge in [-0.15, -0.1) is 0 Å². The van der Waals surface area contributed by atoms with Crippen LogP contribution < -0.4 is 0 Å². The SMILES string of the molecule is N#Cc1ccc(-c2cccc(-n3c4ccccc4c4ccccc43)c2C#N)cc1-c1ccccc1. The highest BCUT2D eigenvalue weighted by molar-refractivity contribution is 6.09. The molecule has 0 aliphatic carbocycles. The summed E-state index contributed by atoms with van der Waals surface area (Å²) in [6.45, 7) is 0. The van der Waals surface area contributed by atoms with E-state index in [9.17, 15) is 10.5 Å². The summed E-state index contributed by atoms with van der Waals surface area (Å²) >= 11 is 0. The number of rotatable bonds is 3. The van der Waals surface area contributed by atoms with Gasteiger partial charge in [0.05, 0.1) is 33.9 Å². The van der Waals surface area contributed by atoms with Gasteiger partial charge in [0.2, 0.25) is 0 Å². The molecule has 0 bridgehead atoms. The van der Waals surface area contributed by atoms with Crippen LogP contribution in [0.1, 0.15) is 11.1 Å². The average molecular weight is 446 g/mol. The molecule has 0 fully saturated rings. The molecule has 1 heterocycles. The number of hydrogen-bond donors (Lipinski definition) is 0. The van der Waals surface area contributed by atoms with Crippen LogP contribution in [0.5, 0.6) is 0 Å². The Morgan fingerprint density at radius 3 is 1.83 bits per heavy atom. The Labute approximate surface area is 203 Å². The molecular weight excluding hydrogens is 426 g/mol. The van der Waals surface area contributed by atoms with Gasteiger partial charge in [0.25, 0.3) is 0 Å². The second-order valence-electron chi connectivity index (χ2n) is 8.42. The Bertz CT molecular complexity index is 1760. The lowest BCUT2D eigenvalue weighted by Crippen LogP contribution is -1.99. The van der Waals surface area contributed by atoms with Crippen LogP contribution in [-0.4, -0.2) is 4.57 Å². The minimum Gasteiger partial charge on any atom is -0.308 e. The highest BCUT2D eigenvalue weighted by Gasteiger charge is 2.18. The monoisotopic (exact) mass is 445 g/mol. The molecule has 162 valence electrons. The van der Waals surface area contributed by atoms with Crippen molar-refractivity contribution in [1.82, 2.24) is 4.57 Å². The lowest BCUT2D eigenvalue weighted by molar-refractivity contribution is 1.17. The first kappa shape index (κ1) is 20.5. The van der Waals surface area contributed by atoms with Gasteiger partial charge in [-0.2, -0.15) is 10.5 Å². The maximum atomic E-state index is 10.4. The molecule has 5 aromatic carbocycles. The van der Waals surface area contributed by atoms with E-state index in [0.717, 1.165) is 49.7 Å². The molecule has 0 spiro atoms. The van der Waals surface area contributed by atoms with E-state index >= 15 is 0 Å². The van der Waals surface area contributed by atoms with E-state index in [2.05, 4.69) is 41.0 Å². The number of fused-ring (bicyclic) bond motifs is 3. The third kappa shape index (κ3) is 3.27. The van der Waals surface area contributed by atoms with Crippen molar-refractivity contribution in [2.75, 3.05) is 0 Å². The van der Waals surface area contributed by atoms with Crippen LogP contribution in [0.2, 0.25) is 0 Å². The highest BCUT2D eigenvalue weighted by Crippen LogP contribution is 2.37. The van der Waals surface area contributed by atoms with Gasteiger partial charge in [-0.1, -0.05) is 84.9 Å². The number of nitriles is 2. The fourth-order valence-electron chi connectivity index (χ4n) is 4.93. The minimum absolute atomic E-state index is 0.600. The molecule has 0 saturated carbocycles. The predicted octanol–water partition coefficient (Wildman–Crippen LogP) is 7.86. The van der Waals surface area contributed by atoms with E-state index in [1.54, 1.807) is 0 Å². The quantitative estimate of drug-likeness (QED) is 0.278. The second kappa shape index (κ2) is 8.34. The van der Waals surface area contributed by atoms with Gasteiger partial charge in [0, 0.05) is 21.9 Å². The molecule has 0 N–H and O–H groups in total. The Balaban J connectivity index is 1.62. The summed E-state index contributed by atoms with van der Waals surface area (Å²) in [6, 6.07) is 43.0. The fourth-order valence-corrected chi connectivity index (χ4v) is 4.93. The van der Waals surface area contributed by atoms with Gasteiger partial charge in [-0.05, 0) is 41.5 Å². The van der Waals surface area contributed by atoms with Crippen LogP contribution in [-0.2, 0) is 0 Å². The van der Waals surface area contributed by atoms with E-state index in [1.807, 2.05) is 91.0 Å². The third-order valence-electron chi connectivity index (χ3n) is 6.51. The number of para-hydroxylation sites is 2. The molecular formula is C32H19N3. The zero-order valence-electron chi connectivity index (χ0n) is 18.8. The van der Waals surface area contributed by atoms with Gasteiger partial charge < -0.3 is 4.57 Å². The van der Waals surface area contributed by atoms with Crippen LogP contribution in [0, 0.1) is 22.7 Å². The van der Waals surface area contributed by atoms with Crippen molar-refractivity contribution >= 4 is 21.8 Å². The third-order valence-corrected chi connectivity index (χ3v) is 6.51. The maximum Gasteiger partial charge on any atom is 0.102 e. The van der Waals surface area contributed by atoms with Crippen molar-refractivity contribution in [2.24, 2.45) is 0 Å². The Kier molecular flexibility index (Phi) is 4.88. The molecule has 0 saturated heterocycles. The molecule has 0 unspecified atom stereocenters. The van der Waals surface area contributed by atoms with Crippen molar-refractivity contribution in [2.45, 2.75) is 0 Å².